The number of anilines is 1. The molecular formula is C27H22N4O4. The van der Waals surface area contributed by atoms with Crippen molar-refractivity contribution in [3.8, 4) is 11.8 Å². The highest BCUT2D eigenvalue weighted by atomic mass is 16.5. The molecule has 0 radical (unpaired) electrons. The smallest absolute Gasteiger partial charge is 0.329 e. The van der Waals surface area contributed by atoms with Gasteiger partial charge in [-0.3, -0.25) is 9.59 Å². The standard InChI is InChI=1S/C27H22N4O4/c1-18-7-6-11-22(13-18)29-25(32)16-31-26(33)23(30-27(31)34)14-19-8-4-5-12-24(19)35-17-21-10-3-2-9-20(21)15-28/h2-14H,16-17H2,1H3,(H,29,32)(H,30,34). The first-order chi connectivity index (χ1) is 16.9. The van der Waals surface area contributed by atoms with Crippen LogP contribution in [0.1, 0.15) is 22.3 Å². The summed E-state index contributed by atoms with van der Waals surface area (Å²) in [6.07, 6.45) is 1.50. The van der Waals surface area contributed by atoms with Crippen molar-refractivity contribution in [3.63, 3.8) is 0 Å². The molecule has 0 unspecified atom stereocenters. The lowest BCUT2D eigenvalue weighted by molar-refractivity contribution is -0.127. The van der Waals surface area contributed by atoms with Crippen LogP contribution in [0.15, 0.2) is 78.5 Å². The summed E-state index contributed by atoms with van der Waals surface area (Å²) in [5.41, 5.74) is 3.40. The average Bonchev–Trinajstić information content (AvgIpc) is 3.11. The molecule has 8 nitrogen and oxygen atoms in total. The third kappa shape index (κ3) is 5.54. The van der Waals surface area contributed by atoms with Crippen LogP contribution in [0.2, 0.25) is 0 Å². The maximum atomic E-state index is 12.9. The molecule has 1 saturated heterocycles. The van der Waals surface area contributed by atoms with Gasteiger partial charge in [-0.05, 0) is 42.8 Å². The molecule has 8 heteroatoms. The van der Waals surface area contributed by atoms with E-state index in [2.05, 4.69) is 16.7 Å². The number of nitrogens with zero attached hydrogens (tertiary/aromatic N) is 2. The SMILES string of the molecule is Cc1cccc(NC(=O)CN2C(=O)NC(=Cc3ccccc3OCc3ccccc3C#N)C2=O)c1. The van der Waals surface area contributed by atoms with Crippen molar-refractivity contribution in [2.45, 2.75) is 13.5 Å². The zero-order valence-corrected chi connectivity index (χ0v) is 18.9. The third-order valence-corrected chi connectivity index (χ3v) is 5.31. The van der Waals surface area contributed by atoms with E-state index >= 15 is 0 Å². The van der Waals surface area contributed by atoms with Crippen LogP contribution in [0.5, 0.6) is 5.75 Å². The van der Waals surface area contributed by atoms with Crippen LogP contribution in [0, 0.1) is 18.3 Å². The van der Waals surface area contributed by atoms with E-state index in [1.165, 1.54) is 6.08 Å². The van der Waals surface area contributed by atoms with E-state index in [0.717, 1.165) is 16.0 Å². The highest BCUT2D eigenvalue weighted by molar-refractivity contribution is 6.16. The maximum absolute atomic E-state index is 12.9. The van der Waals surface area contributed by atoms with Crippen LogP contribution in [0.25, 0.3) is 6.08 Å². The van der Waals surface area contributed by atoms with Crippen molar-refractivity contribution in [3.05, 3.63) is 101 Å². The van der Waals surface area contributed by atoms with Gasteiger partial charge in [0.1, 0.15) is 24.6 Å². The van der Waals surface area contributed by atoms with Crippen molar-refractivity contribution in [1.29, 1.82) is 5.26 Å². The lowest BCUT2D eigenvalue weighted by Crippen LogP contribution is -2.38. The normalized spacial score (nSPS) is 13.9. The molecule has 4 rings (SSSR count). The summed E-state index contributed by atoms with van der Waals surface area (Å²) in [5.74, 6) is -0.621. The molecule has 0 aromatic heterocycles. The van der Waals surface area contributed by atoms with Crippen LogP contribution in [0.4, 0.5) is 10.5 Å². The molecular weight excluding hydrogens is 444 g/mol. The number of benzene rings is 3. The Labute approximate surface area is 202 Å². The minimum atomic E-state index is -0.679. The summed E-state index contributed by atoms with van der Waals surface area (Å²) >= 11 is 0. The molecule has 1 fully saturated rings. The van der Waals surface area contributed by atoms with E-state index in [1.807, 2.05) is 19.1 Å². The molecule has 1 heterocycles. The molecule has 0 atom stereocenters. The first-order valence-corrected chi connectivity index (χ1v) is 10.9. The Bertz CT molecular complexity index is 1370. The molecule has 1 aliphatic heterocycles. The molecule has 0 aliphatic carbocycles. The Balaban J connectivity index is 1.46. The number of imide groups is 1. The quantitative estimate of drug-likeness (QED) is 0.404. The van der Waals surface area contributed by atoms with Crippen molar-refractivity contribution in [2.24, 2.45) is 0 Å². The van der Waals surface area contributed by atoms with Gasteiger partial charge in [-0.25, -0.2) is 9.69 Å². The molecule has 174 valence electrons. The predicted octanol–water partition coefficient (Wildman–Crippen LogP) is 3.98. The first-order valence-electron chi connectivity index (χ1n) is 10.9. The van der Waals surface area contributed by atoms with Gasteiger partial charge in [0.2, 0.25) is 5.91 Å². The van der Waals surface area contributed by atoms with E-state index in [0.29, 0.717) is 22.6 Å². The van der Waals surface area contributed by atoms with Gasteiger partial charge in [0.15, 0.2) is 0 Å². The number of nitriles is 1. The van der Waals surface area contributed by atoms with Gasteiger partial charge < -0.3 is 15.4 Å². The van der Waals surface area contributed by atoms with Crippen molar-refractivity contribution >= 4 is 29.6 Å². The van der Waals surface area contributed by atoms with Crippen molar-refractivity contribution in [2.75, 3.05) is 11.9 Å². The number of urea groups is 1. The fraction of sp³-hybridized carbons (Fsp3) is 0.111. The van der Waals surface area contributed by atoms with Gasteiger partial charge in [-0.2, -0.15) is 5.26 Å². The fourth-order valence-electron chi connectivity index (χ4n) is 3.58. The second kappa shape index (κ2) is 10.4. The van der Waals surface area contributed by atoms with Crippen LogP contribution in [-0.2, 0) is 16.2 Å². The van der Waals surface area contributed by atoms with Gasteiger partial charge in [0.05, 0.1) is 11.6 Å². The summed E-state index contributed by atoms with van der Waals surface area (Å²) in [6, 6.07) is 22.8. The Kier molecular flexibility index (Phi) is 6.88. The Hall–Kier alpha value is -4.90. The van der Waals surface area contributed by atoms with E-state index in [1.54, 1.807) is 60.7 Å². The molecule has 4 amide bonds. The molecule has 2 N–H and O–H groups in total. The largest absolute Gasteiger partial charge is 0.488 e. The van der Waals surface area contributed by atoms with E-state index in [9.17, 15) is 19.6 Å². The van der Waals surface area contributed by atoms with Crippen LogP contribution >= 0.6 is 0 Å². The van der Waals surface area contributed by atoms with Gasteiger partial charge in [-0.15, -0.1) is 0 Å². The number of carbonyl (C=O) groups is 3. The minimum absolute atomic E-state index is 0.0341. The number of ether oxygens (including phenoxy) is 1. The summed E-state index contributed by atoms with van der Waals surface area (Å²) in [6.45, 7) is 1.64. The summed E-state index contributed by atoms with van der Waals surface area (Å²) in [5, 5.41) is 14.5. The topological polar surface area (TPSA) is 112 Å². The second-order valence-corrected chi connectivity index (χ2v) is 7.89. The van der Waals surface area contributed by atoms with Gasteiger partial charge in [-0.1, -0.05) is 48.5 Å². The van der Waals surface area contributed by atoms with Gasteiger partial charge in [0, 0.05) is 16.8 Å². The number of nitrogens with one attached hydrogen (secondary N) is 2. The monoisotopic (exact) mass is 466 g/mol. The molecule has 0 saturated carbocycles. The fourth-order valence-corrected chi connectivity index (χ4v) is 3.58. The highest BCUT2D eigenvalue weighted by Gasteiger charge is 2.35. The van der Waals surface area contributed by atoms with Gasteiger partial charge >= 0.3 is 6.03 Å². The minimum Gasteiger partial charge on any atom is -0.488 e. The van der Waals surface area contributed by atoms with E-state index in [4.69, 9.17) is 4.74 Å². The predicted molar refractivity (Wildman–Crippen MR) is 130 cm³/mol. The number of hydrogen-bond donors (Lipinski definition) is 2. The molecule has 3 aromatic carbocycles. The van der Waals surface area contributed by atoms with Gasteiger partial charge in [0.25, 0.3) is 5.91 Å². The Morgan fingerprint density at radius 1 is 1.09 bits per heavy atom. The first kappa shape index (κ1) is 23.3. The Morgan fingerprint density at radius 2 is 1.86 bits per heavy atom. The lowest BCUT2D eigenvalue weighted by atomic mass is 10.1. The number of aryl methyl sites for hydroxylation is 1. The number of carbonyl (C=O) groups excluding carboxylic acids is 3. The average molecular weight is 466 g/mol. The zero-order valence-electron chi connectivity index (χ0n) is 18.9. The third-order valence-electron chi connectivity index (χ3n) is 5.31. The van der Waals surface area contributed by atoms with Crippen LogP contribution < -0.4 is 15.4 Å². The van der Waals surface area contributed by atoms with E-state index < -0.39 is 24.4 Å². The number of amides is 4. The summed E-state index contributed by atoms with van der Waals surface area (Å²) in [7, 11) is 0. The second-order valence-electron chi connectivity index (χ2n) is 7.89. The van der Waals surface area contributed by atoms with Crippen molar-refractivity contribution in [1.82, 2.24) is 10.2 Å². The summed E-state index contributed by atoms with van der Waals surface area (Å²) < 4.78 is 5.91. The number of hydrogen-bond acceptors (Lipinski definition) is 5. The van der Waals surface area contributed by atoms with Crippen molar-refractivity contribution < 1.29 is 19.1 Å². The summed E-state index contributed by atoms with van der Waals surface area (Å²) in [4.78, 5) is 38.5. The van der Waals surface area contributed by atoms with Crippen LogP contribution in [-0.4, -0.2) is 29.3 Å². The Morgan fingerprint density at radius 3 is 2.66 bits per heavy atom. The highest BCUT2D eigenvalue weighted by Crippen LogP contribution is 2.24. The molecule has 3 aromatic rings. The maximum Gasteiger partial charge on any atom is 0.329 e. The van der Waals surface area contributed by atoms with E-state index in [-0.39, 0.29) is 12.3 Å². The lowest BCUT2D eigenvalue weighted by Gasteiger charge is -2.12. The number of para-hydroxylation sites is 1. The molecule has 0 bridgehead atoms. The number of rotatable bonds is 7. The molecule has 35 heavy (non-hydrogen) atoms. The molecule has 0 spiro atoms. The molecule has 1 aliphatic rings. The van der Waals surface area contributed by atoms with Crippen LogP contribution in [0.3, 0.4) is 0 Å². The zero-order chi connectivity index (χ0) is 24.8.